The van der Waals surface area contributed by atoms with E-state index >= 15 is 0 Å². The number of anilines is 1. The third-order valence-corrected chi connectivity index (χ3v) is 2.91. The van der Waals surface area contributed by atoms with Gasteiger partial charge in [-0.3, -0.25) is 0 Å². The maximum absolute atomic E-state index is 12.3. The number of benzene rings is 1. The smallest absolute Gasteiger partial charge is 0.365 e. The van der Waals surface area contributed by atoms with Gasteiger partial charge < -0.3 is 5.32 Å². The van der Waals surface area contributed by atoms with E-state index in [0.29, 0.717) is 18.2 Å². The maximum atomic E-state index is 12.3. The molecule has 106 valence electrons. The molecule has 1 aromatic heterocycles. The minimum Gasteiger partial charge on any atom is -0.365 e. The molecular formula is C13H11ClF3N3. The highest BCUT2D eigenvalue weighted by atomic mass is 35.5. The van der Waals surface area contributed by atoms with Crippen LogP contribution in [0.1, 0.15) is 16.8 Å². The number of hydrogen-bond donors (Lipinski definition) is 1. The van der Waals surface area contributed by atoms with Crippen molar-refractivity contribution in [3.8, 4) is 0 Å². The standard InChI is InChI=1S/C13H11ClF3N3/c14-7-9-1-3-10(4-2-9)8-18-12-6-5-11(19-20-12)13(15,16)17/h1-6H,7-8H2,(H,18,20). The molecule has 20 heavy (non-hydrogen) atoms. The number of hydrogen-bond acceptors (Lipinski definition) is 3. The van der Waals surface area contributed by atoms with Crippen molar-refractivity contribution in [1.29, 1.82) is 0 Å². The van der Waals surface area contributed by atoms with Gasteiger partial charge in [-0.05, 0) is 23.3 Å². The summed E-state index contributed by atoms with van der Waals surface area (Å²) in [6.07, 6.45) is -4.47. The highest BCUT2D eigenvalue weighted by molar-refractivity contribution is 6.17. The van der Waals surface area contributed by atoms with Crippen LogP contribution in [-0.4, -0.2) is 10.2 Å². The molecule has 0 aliphatic rings. The minimum atomic E-state index is -4.47. The average Bonchev–Trinajstić information content (AvgIpc) is 2.45. The molecule has 2 rings (SSSR count). The van der Waals surface area contributed by atoms with Gasteiger partial charge in [-0.2, -0.15) is 13.2 Å². The van der Waals surface area contributed by atoms with Crippen LogP contribution in [0.2, 0.25) is 0 Å². The van der Waals surface area contributed by atoms with Gasteiger partial charge in [0.25, 0.3) is 0 Å². The number of nitrogens with one attached hydrogen (secondary N) is 1. The molecule has 0 aliphatic carbocycles. The Bertz CT molecular complexity index is 553. The molecule has 0 saturated heterocycles. The van der Waals surface area contributed by atoms with Gasteiger partial charge in [-0.1, -0.05) is 24.3 Å². The van der Waals surface area contributed by atoms with Gasteiger partial charge in [-0.25, -0.2) is 0 Å². The summed E-state index contributed by atoms with van der Waals surface area (Å²) < 4.78 is 36.9. The summed E-state index contributed by atoms with van der Waals surface area (Å²) >= 11 is 5.68. The molecule has 0 unspecified atom stereocenters. The molecule has 0 spiro atoms. The highest BCUT2D eigenvalue weighted by Gasteiger charge is 2.32. The topological polar surface area (TPSA) is 37.8 Å². The van der Waals surface area contributed by atoms with Crippen molar-refractivity contribution < 1.29 is 13.2 Å². The largest absolute Gasteiger partial charge is 0.435 e. The summed E-state index contributed by atoms with van der Waals surface area (Å²) in [5, 5.41) is 9.53. The molecule has 0 amide bonds. The van der Waals surface area contributed by atoms with Crippen LogP contribution in [0, 0.1) is 0 Å². The molecule has 1 N–H and O–H groups in total. The predicted octanol–water partition coefficient (Wildman–Crippen LogP) is 3.85. The van der Waals surface area contributed by atoms with Crippen LogP contribution in [0.25, 0.3) is 0 Å². The Morgan fingerprint density at radius 1 is 0.950 bits per heavy atom. The van der Waals surface area contributed by atoms with Gasteiger partial charge in [-0.15, -0.1) is 21.8 Å². The SMILES string of the molecule is FC(F)(F)c1ccc(NCc2ccc(CCl)cc2)nn1. The first-order valence-electron chi connectivity index (χ1n) is 5.77. The Morgan fingerprint density at radius 3 is 2.10 bits per heavy atom. The first-order chi connectivity index (χ1) is 9.49. The monoisotopic (exact) mass is 301 g/mol. The lowest BCUT2D eigenvalue weighted by atomic mass is 10.1. The lowest BCUT2D eigenvalue weighted by Crippen LogP contribution is -2.10. The van der Waals surface area contributed by atoms with Crippen LogP contribution < -0.4 is 5.32 Å². The Balaban J connectivity index is 1.96. The molecule has 0 radical (unpaired) electrons. The van der Waals surface area contributed by atoms with Gasteiger partial charge in [0.1, 0.15) is 5.82 Å². The van der Waals surface area contributed by atoms with Crippen molar-refractivity contribution in [2.75, 3.05) is 5.32 Å². The molecule has 1 heterocycles. The van der Waals surface area contributed by atoms with Gasteiger partial charge in [0.15, 0.2) is 5.69 Å². The Labute approximate surface area is 118 Å². The summed E-state index contributed by atoms with van der Waals surface area (Å²) in [6, 6.07) is 9.71. The molecule has 7 heteroatoms. The fraction of sp³-hybridized carbons (Fsp3) is 0.231. The minimum absolute atomic E-state index is 0.291. The van der Waals surface area contributed by atoms with Crippen molar-refractivity contribution >= 4 is 17.4 Å². The first kappa shape index (κ1) is 14.6. The Kier molecular flexibility index (Phi) is 4.44. The molecule has 0 saturated carbocycles. The third kappa shape index (κ3) is 3.84. The molecular weight excluding hydrogens is 291 g/mol. The zero-order chi connectivity index (χ0) is 14.6. The van der Waals surface area contributed by atoms with Gasteiger partial charge in [0, 0.05) is 12.4 Å². The number of aromatic nitrogens is 2. The van der Waals surface area contributed by atoms with E-state index in [2.05, 4.69) is 15.5 Å². The molecule has 0 aliphatic heterocycles. The van der Waals surface area contributed by atoms with E-state index in [4.69, 9.17) is 11.6 Å². The van der Waals surface area contributed by atoms with E-state index < -0.39 is 11.9 Å². The highest BCUT2D eigenvalue weighted by Crippen LogP contribution is 2.27. The number of nitrogens with zero attached hydrogens (tertiary/aromatic N) is 2. The average molecular weight is 302 g/mol. The summed E-state index contributed by atoms with van der Waals surface area (Å²) in [6.45, 7) is 0.447. The van der Waals surface area contributed by atoms with Crippen LogP contribution in [0.4, 0.5) is 19.0 Å². The predicted molar refractivity (Wildman–Crippen MR) is 70.4 cm³/mol. The number of rotatable bonds is 4. The second-order valence-electron chi connectivity index (χ2n) is 4.11. The van der Waals surface area contributed by atoms with Crippen molar-refractivity contribution in [3.05, 3.63) is 53.2 Å². The van der Waals surface area contributed by atoms with Gasteiger partial charge in [0.05, 0.1) is 0 Å². The fourth-order valence-corrected chi connectivity index (χ4v) is 1.69. The Morgan fingerprint density at radius 2 is 1.60 bits per heavy atom. The van der Waals surface area contributed by atoms with Crippen molar-refractivity contribution in [2.24, 2.45) is 0 Å². The maximum Gasteiger partial charge on any atom is 0.435 e. The third-order valence-electron chi connectivity index (χ3n) is 2.61. The molecule has 0 atom stereocenters. The van der Waals surface area contributed by atoms with Crippen LogP contribution in [-0.2, 0) is 18.6 Å². The number of alkyl halides is 4. The van der Waals surface area contributed by atoms with E-state index in [0.717, 1.165) is 17.2 Å². The summed E-state index contributed by atoms with van der Waals surface area (Å²) in [5.74, 6) is 0.734. The van der Waals surface area contributed by atoms with Crippen molar-refractivity contribution in [1.82, 2.24) is 10.2 Å². The van der Waals surface area contributed by atoms with Crippen LogP contribution in [0.3, 0.4) is 0 Å². The van der Waals surface area contributed by atoms with E-state index in [1.807, 2.05) is 24.3 Å². The second-order valence-corrected chi connectivity index (χ2v) is 4.37. The normalized spacial score (nSPS) is 11.4. The number of halogens is 4. The van der Waals surface area contributed by atoms with Gasteiger partial charge in [0.2, 0.25) is 0 Å². The van der Waals surface area contributed by atoms with E-state index in [1.165, 1.54) is 6.07 Å². The van der Waals surface area contributed by atoms with E-state index in [9.17, 15) is 13.2 Å². The Hall–Kier alpha value is -1.82. The van der Waals surface area contributed by atoms with Crippen molar-refractivity contribution in [2.45, 2.75) is 18.6 Å². The molecule has 0 bridgehead atoms. The van der Waals surface area contributed by atoms with E-state index in [-0.39, 0.29) is 0 Å². The molecule has 0 fully saturated rings. The van der Waals surface area contributed by atoms with Gasteiger partial charge >= 0.3 is 6.18 Å². The zero-order valence-corrected chi connectivity index (χ0v) is 11.0. The van der Waals surface area contributed by atoms with Crippen LogP contribution in [0.15, 0.2) is 36.4 Å². The summed E-state index contributed by atoms with van der Waals surface area (Å²) in [5.41, 5.74) is 0.972. The summed E-state index contributed by atoms with van der Waals surface area (Å²) in [4.78, 5) is 0. The summed E-state index contributed by atoms with van der Waals surface area (Å²) in [7, 11) is 0. The zero-order valence-electron chi connectivity index (χ0n) is 10.3. The lowest BCUT2D eigenvalue weighted by molar-refractivity contribution is -0.141. The van der Waals surface area contributed by atoms with E-state index in [1.54, 1.807) is 0 Å². The molecule has 3 nitrogen and oxygen atoms in total. The molecule has 2 aromatic rings. The molecule has 1 aromatic carbocycles. The fourth-order valence-electron chi connectivity index (χ4n) is 1.52. The quantitative estimate of drug-likeness (QED) is 0.872. The van der Waals surface area contributed by atoms with Crippen LogP contribution >= 0.6 is 11.6 Å². The first-order valence-corrected chi connectivity index (χ1v) is 6.31. The van der Waals surface area contributed by atoms with Crippen molar-refractivity contribution in [3.63, 3.8) is 0 Å². The van der Waals surface area contributed by atoms with Crippen LogP contribution in [0.5, 0.6) is 0 Å². The second kappa shape index (κ2) is 6.09. The lowest BCUT2D eigenvalue weighted by Gasteiger charge is -2.07.